The fourth-order valence-corrected chi connectivity index (χ4v) is 3.26. The Hall–Kier alpha value is -3.15. The van der Waals surface area contributed by atoms with Gasteiger partial charge in [0.1, 0.15) is 5.82 Å². The second kappa shape index (κ2) is 8.03. The van der Waals surface area contributed by atoms with E-state index in [1.807, 2.05) is 24.3 Å². The first kappa shape index (κ1) is 18.6. The predicted molar refractivity (Wildman–Crippen MR) is 104 cm³/mol. The number of carbonyl (C=O) groups is 2. The molecule has 0 radical (unpaired) electrons. The number of carbonyl (C=O) groups excluding carboxylic acids is 1. The molecule has 3 aromatic rings. The number of nitrogens with one attached hydrogen (secondary N) is 1. The minimum Gasteiger partial charge on any atom is -0.478 e. The monoisotopic (exact) mass is 365 g/mol. The lowest BCUT2D eigenvalue weighted by Crippen LogP contribution is -2.25. The highest BCUT2D eigenvalue weighted by Gasteiger charge is 2.14. The van der Waals surface area contributed by atoms with E-state index in [1.54, 1.807) is 24.3 Å². The molecule has 0 aliphatic rings. The Kier molecular flexibility index (Phi) is 5.54. The van der Waals surface area contributed by atoms with Crippen LogP contribution in [0, 0.1) is 0 Å². The lowest BCUT2D eigenvalue weighted by Gasteiger charge is -2.13. The highest BCUT2D eigenvalue weighted by atomic mass is 16.4. The largest absolute Gasteiger partial charge is 0.478 e. The summed E-state index contributed by atoms with van der Waals surface area (Å²) in [5, 5.41) is 12.1. The van der Waals surface area contributed by atoms with Crippen LogP contribution >= 0.6 is 0 Å². The summed E-state index contributed by atoms with van der Waals surface area (Å²) in [6.45, 7) is 4.51. The van der Waals surface area contributed by atoms with Crippen LogP contribution in [0.15, 0.2) is 48.5 Å². The van der Waals surface area contributed by atoms with Gasteiger partial charge in [0.05, 0.1) is 23.1 Å². The minimum absolute atomic E-state index is 0.127. The number of carboxylic acids is 1. The van der Waals surface area contributed by atoms with Gasteiger partial charge >= 0.3 is 5.97 Å². The van der Waals surface area contributed by atoms with Crippen molar-refractivity contribution in [2.24, 2.45) is 0 Å². The van der Waals surface area contributed by atoms with Crippen LogP contribution in [0.2, 0.25) is 0 Å². The third-order valence-electron chi connectivity index (χ3n) is 4.50. The summed E-state index contributed by atoms with van der Waals surface area (Å²) in [6, 6.07) is 14.9. The SMILES string of the molecule is CC(C)n1c(CNC(=O)CCc2ccccc2C(=O)O)nc2ccccc21. The molecular weight excluding hydrogens is 342 g/mol. The van der Waals surface area contributed by atoms with Crippen molar-refractivity contribution in [3.63, 3.8) is 0 Å². The van der Waals surface area contributed by atoms with Gasteiger partial charge in [-0.1, -0.05) is 30.3 Å². The number of benzene rings is 2. The number of imidazole rings is 1. The topological polar surface area (TPSA) is 84.2 Å². The Morgan fingerprint density at radius 2 is 1.81 bits per heavy atom. The van der Waals surface area contributed by atoms with Crippen LogP contribution in [-0.4, -0.2) is 26.5 Å². The van der Waals surface area contributed by atoms with E-state index in [1.165, 1.54) is 0 Å². The summed E-state index contributed by atoms with van der Waals surface area (Å²) in [7, 11) is 0. The second-order valence-corrected chi connectivity index (χ2v) is 6.72. The number of hydrogen-bond donors (Lipinski definition) is 2. The molecule has 140 valence electrons. The number of para-hydroxylation sites is 2. The van der Waals surface area contributed by atoms with E-state index in [9.17, 15) is 14.7 Å². The van der Waals surface area contributed by atoms with Crippen LogP contribution in [0.4, 0.5) is 0 Å². The molecule has 0 atom stereocenters. The number of nitrogens with zero attached hydrogens (tertiary/aromatic N) is 2. The maximum atomic E-state index is 12.3. The first-order chi connectivity index (χ1) is 13.0. The highest BCUT2D eigenvalue weighted by Crippen LogP contribution is 2.20. The van der Waals surface area contributed by atoms with Crippen molar-refractivity contribution < 1.29 is 14.7 Å². The maximum absolute atomic E-state index is 12.3. The molecule has 0 aliphatic carbocycles. The van der Waals surface area contributed by atoms with Gasteiger partial charge in [-0.15, -0.1) is 0 Å². The van der Waals surface area contributed by atoms with Crippen LogP contribution in [0.5, 0.6) is 0 Å². The van der Waals surface area contributed by atoms with Crippen LogP contribution in [-0.2, 0) is 17.8 Å². The smallest absolute Gasteiger partial charge is 0.335 e. The summed E-state index contributed by atoms with van der Waals surface area (Å²) in [6.07, 6.45) is 0.612. The number of aryl methyl sites for hydroxylation is 1. The zero-order valence-electron chi connectivity index (χ0n) is 15.5. The molecular formula is C21H23N3O3. The van der Waals surface area contributed by atoms with E-state index in [0.717, 1.165) is 16.9 Å². The maximum Gasteiger partial charge on any atom is 0.335 e. The standard InChI is InChI=1S/C21H23N3O3/c1-14(2)24-18-10-6-5-9-17(18)23-19(24)13-22-20(25)12-11-15-7-3-4-8-16(15)21(26)27/h3-10,14H,11-13H2,1-2H3,(H,22,25)(H,26,27). The van der Waals surface area contributed by atoms with Crippen LogP contribution in [0.1, 0.15) is 48.1 Å². The number of aromatic nitrogens is 2. The Bertz CT molecular complexity index is 976. The van der Waals surface area contributed by atoms with Crippen LogP contribution in [0.25, 0.3) is 11.0 Å². The second-order valence-electron chi connectivity index (χ2n) is 6.72. The number of carboxylic acid groups (broad SMARTS) is 1. The highest BCUT2D eigenvalue weighted by molar-refractivity contribution is 5.89. The Labute approximate surface area is 157 Å². The molecule has 1 heterocycles. The van der Waals surface area contributed by atoms with Crippen molar-refractivity contribution in [2.75, 3.05) is 0 Å². The third kappa shape index (κ3) is 4.16. The average molecular weight is 365 g/mol. The average Bonchev–Trinajstić information content (AvgIpc) is 3.03. The van der Waals surface area contributed by atoms with E-state index < -0.39 is 5.97 Å². The molecule has 0 aliphatic heterocycles. The van der Waals surface area contributed by atoms with Gasteiger partial charge in [-0.3, -0.25) is 4.79 Å². The van der Waals surface area contributed by atoms with Crippen molar-refractivity contribution >= 4 is 22.9 Å². The molecule has 2 aromatic carbocycles. The van der Waals surface area contributed by atoms with Crippen molar-refractivity contribution in [3.8, 4) is 0 Å². The summed E-state index contributed by atoms with van der Waals surface area (Å²) >= 11 is 0. The van der Waals surface area contributed by atoms with Crippen molar-refractivity contribution in [2.45, 2.75) is 39.3 Å². The molecule has 27 heavy (non-hydrogen) atoms. The fourth-order valence-electron chi connectivity index (χ4n) is 3.26. The molecule has 6 heteroatoms. The van der Waals surface area contributed by atoms with E-state index in [2.05, 4.69) is 28.7 Å². The third-order valence-corrected chi connectivity index (χ3v) is 4.50. The van der Waals surface area contributed by atoms with Gasteiger partial charge in [-0.05, 0) is 44.0 Å². The molecule has 6 nitrogen and oxygen atoms in total. The molecule has 3 rings (SSSR count). The van der Waals surface area contributed by atoms with Gasteiger partial charge < -0.3 is 15.0 Å². The normalized spacial score (nSPS) is 11.1. The molecule has 0 unspecified atom stereocenters. The van der Waals surface area contributed by atoms with Crippen molar-refractivity contribution in [3.05, 3.63) is 65.5 Å². The summed E-state index contributed by atoms with van der Waals surface area (Å²) in [4.78, 5) is 28.2. The lowest BCUT2D eigenvalue weighted by molar-refractivity contribution is -0.121. The van der Waals surface area contributed by atoms with Crippen LogP contribution in [0.3, 0.4) is 0 Å². The first-order valence-electron chi connectivity index (χ1n) is 9.01. The summed E-state index contributed by atoms with van der Waals surface area (Å²) in [5.74, 6) is -0.292. The zero-order valence-corrected chi connectivity index (χ0v) is 15.5. The molecule has 0 saturated heterocycles. The molecule has 2 N–H and O–H groups in total. The van der Waals surface area contributed by atoms with Gasteiger partial charge in [-0.25, -0.2) is 9.78 Å². The molecule has 1 aromatic heterocycles. The molecule has 0 bridgehead atoms. The van der Waals surface area contributed by atoms with Gasteiger partial charge in [0.25, 0.3) is 0 Å². The van der Waals surface area contributed by atoms with Gasteiger partial charge in [0, 0.05) is 12.5 Å². The van der Waals surface area contributed by atoms with E-state index in [0.29, 0.717) is 18.5 Å². The Morgan fingerprint density at radius 1 is 1.11 bits per heavy atom. The minimum atomic E-state index is -0.975. The van der Waals surface area contributed by atoms with Crippen molar-refractivity contribution in [1.29, 1.82) is 0 Å². The zero-order chi connectivity index (χ0) is 19.4. The van der Waals surface area contributed by atoms with Gasteiger partial charge in [0.15, 0.2) is 0 Å². The first-order valence-corrected chi connectivity index (χ1v) is 9.01. The van der Waals surface area contributed by atoms with Crippen LogP contribution < -0.4 is 5.32 Å². The number of rotatable bonds is 7. The predicted octanol–water partition coefficient (Wildman–Crippen LogP) is 3.56. The van der Waals surface area contributed by atoms with Gasteiger partial charge in [-0.2, -0.15) is 0 Å². The Balaban J connectivity index is 1.66. The molecule has 0 saturated carbocycles. The molecule has 1 amide bonds. The van der Waals surface area contributed by atoms with E-state index in [4.69, 9.17) is 0 Å². The van der Waals surface area contributed by atoms with E-state index in [-0.39, 0.29) is 23.9 Å². The number of aromatic carboxylic acids is 1. The quantitative estimate of drug-likeness (QED) is 0.670. The lowest BCUT2D eigenvalue weighted by atomic mass is 10.0. The Morgan fingerprint density at radius 3 is 2.56 bits per heavy atom. The number of amides is 1. The van der Waals surface area contributed by atoms with Crippen molar-refractivity contribution in [1.82, 2.24) is 14.9 Å². The summed E-state index contributed by atoms with van der Waals surface area (Å²) in [5.41, 5.74) is 2.86. The van der Waals surface area contributed by atoms with E-state index >= 15 is 0 Å². The number of fused-ring (bicyclic) bond motifs is 1. The summed E-state index contributed by atoms with van der Waals surface area (Å²) < 4.78 is 2.12. The molecule has 0 spiro atoms. The molecule has 0 fully saturated rings. The number of hydrogen-bond acceptors (Lipinski definition) is 3. The fraction of sp³-hybridized carbons (Fsp3) is 0.286. The van der Waals surface area contributed by atoms with Gasteiger partial charge in [0.2, 0.25) is 5.91 Å².